The number of hydrogen-bond acceptors (Lipinski definition) is 3. The maximum atomic E-state index is 13.8. The van der Waals surface area contributed by atoms with Crippen molar-refractivity contribution in [2.24, 2.45) is 0 Å². The van der Waals surface area contributed by atoms with Gasteiger partial charge >= 0.3 is 0 Å². The predicted octanol–water partition coefficient (Wildman–Crippen LogP) is 3.71. The smallest absolute Gasteiger partial charge is 0.187 e. The van der Waals surface area contributed by atoms with Crippen molar-refractivity contribution in [3.63, 3.8) is 0 Å². The number of hydrogen-bond donors (Lipinski definition) is 1. The van der Waals surface area contributed by atoms with E-state index in [0.717, 1.165) is 0 Å². The first kappa shape index (κ1) is 12.7. The lowest BCUT2D eigenvalue weighted by molar-refractivity contribution is 0.598. The molecule has 2 rings (SSSR count). The monoisotopic (exact) mass is 269 g/mol. The fourth-order valence-corrected chi connectivity index (χ4v) is 1.63. The summed E-state index contributed by atoms with van der Waals surface area (Å²) in [5.41, 5.74) is 0.779. The first-order chi connectivity index (χ1) is 8.61. The average Bonchev–Trinajstić information content (AvgIpc) is 2.36. The molecule has 1 heterocycles. The van der Waals surface area contributed by atoms with E-state index in [1.54, 1.807) is 6.92 Å². The number of benzene rings is 1. The van der Waals surface area contributed by atoms with Crippen LogP contribution in [0.1, 0.15) is 12.6 Å². The molecule has 0 unspecified atom stereocenters. The Bertz CT molecular complexity index is 575. The van der Waals surface area contributed by atoms with Gasteiger partial charge in [-0.15, -0.1) is 0 Å². The summed E-state index contributed by atoms with van der Waals surface area (Å²) >= 11 is 5.64. The van der Waals surface area contributed by atoms with Gasteiger partial charge in [-0.2, -0.15) is 0 Å². The zero-order chi connectivity index (χ0) is 13.1. The summed E-state index contributed by atoms with van der Waals surface area (Å²) in [6.07, 6.45) is 1.74. The zero-order valence-corrected chi connectivity index (χ0v) is 10.3. The molecular formula is C12H10ClF2N3. The van der Waals surface area contributed by atoms with E-state index in [1.807, 2.05) is 0 Å². The number of nitrogens with one attached hydrogen (secondary N) is 1. The van der Waals surface area contributed by atoms with Gasteiger partial charge in [-0.3, -0.25) is 0 Å². The minimum absolute atomic E-state index is 0.0369. The largest absolute Gasteiger partial charge is 0.338 e. The summed E-state index contributed by atoms with van der Waals surface area (Å²) in [7, 11) is 0. The van der Waals surface area contributed by atoms with E-state index >= 15 is 0 Å². The molecule has 1 N–H and O–H groups in total. The Hall–Kier alpha value is -1.75. The molecule has 6 heteroatoms. The van der Waals surface area contributed by atoms with Gasteiger partial charge in [0.2, 0.25) is 0 Å². The number of aryl methyl sites for hydroxylation is 1. The lowest BCUT2D eigenvalue weighted by Crippen LogP contribution is -2.02. The summed E-state index contributed by atoms with van der Waals surface area (Å²) in [5.74, 6) is -0.996. The number of aromatic nitrogens is 2. The van der Waals surface area contributed by atoms with Crippen LogP contribution in [-0.4, -0.2) is 9.97 Å². The van der Waals surface area contributed by atoms with Crippen molar-refractivity contribution in [1.29, 1.82) is 0 Å². The Morgan fingerprint density at radius 1 is 1.28 bits per heavy atom. The van der Waals surface area contributed by atoms with Crippen molar-refractivity contribution in [1.82, 2.24) is 9.97 Å². The maximum Gasteiger partial charge on any atom is 0.187 e. The quantitative estimate of drug-likeness (QED) is 0.923. The fourth-order valence-electron chi connectivity index (χ4n) is 1.45. The molecular weight excluding hydrogens is 260 g/mol. The van der Waals surface area contributed by atoms with Crippen LogP contribution in [0.2, 0.25) is 5.02 Å². The van der Waals surface area contributed by atoms with E-state index in [0.29, 0.717) is 17.8 Å². The minimum Gasteiger partial charge on any atom is -0.338 e. The van der Waals surface area contributed by atoms with Crippen LogP contribution in [-0.2, 0) is 6.42 Å². The molecule has 1 aromatic carbocycles. The van der Waals surface area contributed by atoms with Crippen LogP contribution in [0.5, 0.6) is 0 Å². The van der Waals surface area contributed by atoms with Gasteiger partial charge in [-0.25, -0.2) is 18.7 Å². The molecule has 0 aliphatic heterocycles. The molecule has 0 saturated carbocycles. The highest BCUT2D eigenvalue weighted by Crippen LogP contribution is 2.23. The van der Waals surface area contributed by atoms with Gasteiger partial charge in [0.1, 0.15) is 12.1 Å². The third kappa shape index (κ3) is 2.56. The van der Waals surface area contributed by atoms with Crippen molar-refractivity contribution >= 4 is 23.1 Å². The van der Waals surface area contributed by atoms with E-state index in [2.05, 4.69) is 15.3 Å². The van der Waals surface area contributed by atoms with Gasteiger partial charge in [-0.05, 0) is 24.6 Å². The van der Waals surface area contributed by atoms with Crippen molar-refractivity contribution in [3.8, 4) is 0 Å². The summed E-state index contributed by atoms with van der Waals surface area (Å²) < 4.78 is 26.8. The molecule has 0 aliphatic carbocycles. The van der Waals surface area contributed by atoms with E-state index < -0.39 is 11.6 Å². The Morgan fingerprint density at radius 2 is 2.06 bits per heavy atom. The normalized spacial score (nSPS) is 10.4. The SMILES string of the molecule is CCc1ncnc(Nc2ccc(F)c(Cl)c2)c1F. The Morgan fingerprint density at radius 3 is 2.72 bits per heavy atom. The molecule has 0 saturated heterocycles. The molecule has 3 nitrogen and oxygen atoms in total. The summed E-state index contributed by atoms with van der Waals surface area (Å²) in [6, 6.07) is 4.02. The van der Waals surface area contributed by atoms with Gasteiger partial charge in [0.25, 0.3) is 0 Å². The Kier molecular flexibility index (Phi) is 3.72. The minimum atomic E-state index is -0.528. The lowest BCUT2D eigenvalue weighted by Gasteiger charge is -2.08. The zero-order valence-electron chi connectivity index (χ0n) is 9.54. The van der Waals surface area contributed by atoms with Crippen LogP contribution >= 0.6 is 11.6 Å². The van der Waals surface area contributed by atoms with Crippen molar-refractivity contribution in [3.05, 3.63) is 46.9 Å². The van der Waals surface area contributed by atoms with Crippen molar-refractivity contribution < 1.29 is 8.78 Å². The first-order valence-corrected chi connectivity index (χ1v) is 5.71. The van der Waals surface area contributed by atoms with Gasteiger partial charge < -0.3 is 5.32 Å². The second-order valence-electron chi connectivity index (χ2n) is 3.59. The van der Waals surface area contributed by atoms with Crippen molar-refractivity contribution in [2.75, 3.05) is 5.32 Å². The van der Waals surface area contributed by atoms with E-state index in [1.165, 1.54) is 24.5 Å². The molecule has 0 aliphatic rings. The van der Waals surface area contributed by atoms with E-state index in [9.17, 15) is 8.78 Å². The molecule has 18 heavy (non-hydrogen) atoms. The first-order valence-electron chi connectivity index (χ1n) is 5.33. The predicted molar refractivity (Wildman–Crippen MR) is 66.1 cm³/mol. The third-order valence-electron chi connectivity index (χ3n) is 2.38. The van der Waals surface area contributed by atoms with Gasteiger partial charge in [0.15, 0.2) is 11.6 Å². The number of nitrogens with zero attached hydrogens (tertiary/aromatic N) is 2. The highest BCUT2D eigenvalue weighted by atomic mass is 35.5. The molecule has 0 spiro atoms. The summed E-state index contributed by atoms with van der Waals surface area (Å²) in [6.45, 7) is 1.80. The van der Waals surface area contributed by atoms with Crippen LogP contribution in [0, 0.1) is 11.6 Å². The topological polar surface area (TPSA) is 37.8 Å². The number of halogens is 3. The van der Waals surface area contributed by atoms with Gasteiger partial charge in [-0.1, -0.05) is 18.5 Å². The number of rotatable bonds is 3. The second-order valence-corrected chi connectivity index (χ2v) is 4.00. The van der Waals surface area contributed by atoms with Crippen LogP contribution in [0.15, 0.2) is 24.5 Å². The molecule has 0 fully saturated rings. The molecule has 2 aromatic rings. The van der Waals surface area contributed by atoms with Crippen LogP contribution in [0.25, 0.3) is 0 Å². The molecule has 0 amide bonds. The Labute approximate surface area is 108 Å². The lowest BCUT2D eigenvalue weighted by atomic mass is 10.3. The highest BCUT2D eigenvalue weighted by molar-refractivity contribution is 6.31. The summed E-state index contributed by atoms with van der Waals surface area (Å²) in [5, 5.41) is 2.70. The van der Waals surface area contributed by atoms with Crippen molar-refractivity contribution in [2.45, 2.75) is 13.3 Å². The van der Waals surface area contributed by atoms with Gasteiger partial charge in [0, 0.05) is 5.69 Å². The van der Waals surface area contributed by atoms with E-state index in [4.69, 9.17) is 11.6 Å². The van der Waals surface area contributed by atoms with Crippen LogP contribution in [0.3, 0.4) is 0 Å². The Balaban J connectivity index is 2.31. The molecule has 0 radical (unpaired) electrons. The second kappa shape index (κ2) is 5.27. The highest BCUT2D eigenvalue weighted by Gasteiger charge is 2.10. The molecule has 1 aromatic heterocycles. The van der Waals surface area contributed by atoms with Gasteiger partial charge in [0.05, 0.1) is 10.7 Å². The maximum absolute atomic E-state index is 13.8. The molecule has 0 bridgehead atoms. The average molecular weight is 270 g/mol. The van der Waals surface area contributed by atoms with E-state index in [-0.39, 0.29) is 10.8 Å². The van der Waals surface area contributed by atoms with Crippen LogP contribution in [0.4, 0.5) is 20.3 Å². The summed E-state index contributed by atoms with van der Waals surface area (Å²) in [4.78, 5) is 7.62. The fraction of sp³-hybridized carbons (Fsp3) is 0.167. The third-order valence-corrected chi connectivity index (χ3v) is 2.67. The molecule has 0 atom stereocenters. The molecule has 94 valence electrons. The number of anilines is 2. The standard InChI is InChI=1S/C12H10ClF2N3/c1-2-10-11(15)12(17-6-16-10)18-7-3-4-9(14)8(13)5-7/h3-6H,2H2,1H3,(H,16,17,18). The van der Waals surface area contributed by atoms with Crippen LogP contribution < -0.4 is 5.32 Å².